The van der Waals surface area contributed by atoms with Crippen molar-refractivity contribution in [2.24, 2.45) is 7.05 Å². The van der Waals surface area contributed by atoms with E-state index >= 15 is 0 Å². The van der Waals surface area contributed by atoms with Crippen LogP contribution in [0.3, 0.4) is 0 Å². The molecule has 1 aliphatic heterocycles. The lowest BCUT2D eigenvalue weighted by atomic mass is 10.0. The molecule has 1 aromatic carbocycles. The lowest BCUT2D eigenvalue weighted by Gasteiger charge is -2.32. The molecule has 29 heavy (non-hydrogen) atoms. The third kappa shape index (κ3) is 4.39. The van der Waals surface area contributed by atoms with Crippen LogP contribution in [-0.2, 0) is 23.2 Å². The van der Waals surface area contributed by atoms with Crippen LogP contribution in [0, 0.1) is 0 Å². The Morgan fingerprint density at radius 2 is 1.97 bits per heavy atom. The number of fused-ring (bicyclic) bond motifs is 1. The van der Waals surface area contributed by atoms with Gasteiger partial charge in [0, 0.05) is 50.6 Å². The second kappa shape index (κ2) is 8.34. The average molecular weight is 391 g/mol. The second-order valence-corrected chi connectivity index (χ2v) is 7.43. The number of amides is 2. The topological polar surface area (TPSA) is 79.3 Å². The molecule has 0 spiro atoms. The van der Waals surface area contributed by atoms with Crippen LogP contribution in [0.2, 0.25) is 0 Å². The molecule has 3 aromatic rings. The molecule has 0 radical (unpaired) electrons. The van der Waals surface area contributed by atoms with E-state index in [4.69, 9.17) is 0 Å². The van der Waals surface area contributed by atoms with Gasteiger partial charge in [0.05, 0.1) is 0 Å². The summed E-state index contributed by atoms with van der Waals surface area (Å²) in [5, 5.41) is 7.29. The summed E-state index contributed by atoms with van der Waals surface area (Å²) in [6, 6.07) is 14.1. The first-order chi connectivity index (χ1) is 14.1. The Morgan fingerprint density at radius 1 is 1.14 bits per heavy atom. The maximum atomic E-state index is 12.5. The average Bonchev–Trinajstić information content (AvgIpc) is 3.13. The van der Waals surface area contributed by atoms with E-state index in [1.807, 2.05) is 60.3 Å². The van der Waals surface area contributed by atoms with Gasteiger partial charge >= 0.3 is 11.8 Å². The number of nitrogens with one attached hydrogen (secondary N) is 2. The van der Waals surface area contributed by atoms with E-state index < -0.39 is 11.8 Å². The minimum absolute atomic E-state index is 0.258. The summed E-state index contributed by atoms with van der Waals surface area (Å²) in [5.41, 5.74) is 2.07. The lowest BCUT2D eigenvalue weighted by Crippen LogP contribution is -2.48. The number of rotatable bonds is 4. The van der Waals surface area contributed by atoms with Crippen molar-refractivity contribution in [3.8, 4) is 0 Å². The van der Waals surface area contributed by atoms with Crippen molar-refractivity contribution in [2.75, 3.05) is 18.4 Å². The Morgan fingerprint density at radius 3 is 2.72 bits per heavy atom. The molecule has 3 heterocycles. The highest BCUT2D eigenvalue weighted by atomic mass is 16.2. The fourth-order valence-corrected chi connectivity index (χ4v) is 3.70. The molecule has 1 saturated heterocycles. The fraction of sp³-hybridized carbons (Fsp3) is 0.318. The molecule has 150 valence electrons. The van der Waals surface area contributed by atoms with Crippen LogP contribution in [0.1, 0.15) is 18.4 Å². The van der Waals surface area contributed by atoms with Gasteiger partial charge in [0.15, 0.2) is 0 Å². The summed E-state index contributed by atoms with van der Waals surface area (Å²) < 4.78 is 2.04. The number of aryl methyl sites for hydroxylation is 1. The predicted molar refractivity (Wildman–Crippen MR) is 112 cm³/mol. The molecule has 2 amide bonds. The monoisotopic (exact) mass is 391 g/mol. The first kappa shape index (κ1) is 19.0. The molecule has 0 unspecified atom stereocenters. The van der Waals surface area contributed by atoms with Crippen LogP contribution in [-0.4, -0.2) is 45.4 Å². The number of likely N-dealkylation sites (tertiary alicyclic amines) is 1. The number of carbonyl (C=O) groups is 2. The SMILES string of the molecule is Cn1ccc2ccc(CNC(=O)C(=O)N3CCC(Nc4ccccn4)CC3)cc21. The molecule has 0 saturated carbocycles. The fourth-order valence-electron chi connectivity index (χ4n) is 3.70. The zero-order valence-corrected chi connectivity index (χ0v) is 16.5. The highest BCUT2D eigenvalue weighted by molar-refractivity contribution is 6.35. The van der Waals surface area contributed by atoms with Crippen molar-refractivity contribution < 1.29 is 9.59 Å². The summed E-state index contributed by atoms with van der Waals surface area (Å²) in [4.78, 5) is 30.7. The highest BCUT2D eigenvalue weighted by Gasteiger charge is 2.27. The Kier molecular flexibility index (Phi) is 5.46. The Balaban J connectivity index is 1.27. The summed E-state index contributed by atoms with van der Waals surface area (Å²) in [6.45, 7) is 1.46. The van der Waals surface area contributed by atoms with Gasteiger partial charge in [-0.25, -0.2) is 4.98 Å². The van der Waals surface area contributed by atoms with Gasteiger partial charge in [0.2, 0.25) is 0 Å². The van der Waals surface area contributed by atoms with Crippen LogP contribution in [0.25, 0.3) is 10.9 Å². The zero-order chi connectivity index (χ0) is 20.2. The van der Waals surface area contributed by atoms with Crippen LogP contribution in [0.5, 0.6) is 0 Å². The summed E-state index contributed by atoms with van der Waals surface area (Å²) in [5.74, 6) is -0.167. The summed E-state index contributed by atoms with van der Waals surface area (Å²) in [6.07, 6.45) is 5.34. The largest absolute Gasteiger partial charge is 0.367 e. The third-order valence-electron chi connectivity index (χ3n) is 5.40. The number of anilines is 1. The van der Waals surface area contributed by atoms with Crippen LogP contribution >= 0.6 is 0 Å². The molecule has 0 aliphatic carbocycles. The molecule has 1 aliphatic rings. The molecule has 0 bridgehead atoms. The summed E-state index contributed by atoms with van der Waals surface area (Å²) in [7, 11) is 1.99. The van der Waals surface area contributed by atoms with Crippen LogP contribution < -0.4 is 10.6 Å². The van der Waals surface area contributed by atoms with Gasteiger partial charge in [0.1, 0.15) is 5.82 Å². The van der Waals surface area contributed by atoms with Crippen molar-refractivity contribution in [1.82, 2.24) is 19.8 Å². The van der Waals surface area contributed by atoms with E-state index in [0.29, 0.717) is 19.6 Å². The Hall–Kier alpha value is -3.35. The minimum atomic E-state index is -0.548. The number of pyridine rings is 1. The molecule has 7 nitrogen and oxygen atoms in total. The predicted octanol–water partition coefficient (Wildman–Crippen LogP) is 2.29. The zero-order valence-electron chi connectivity index (χ0n) is 16.5. The smallest absolute Gasteiger partial charge is 0.311 e. The van der Waals surface area contributed by atoms with E-state index in [0.717, 1.165) is 35.1 Å². The maximum absolute atomic E-state index is 12.5. The summed E-state index contributed by atoms with van der Waals surface area (Å²) >= 11 is 0. The minimum Gasteiger partial charge on any atom is -0.367 e. The van der Waals surface area contributed by atoms with Gasteiger partial charge in [-0.1, -0.05) is 18.2 Å². The first-order valence-corrected chi connectivity index (χ1v) is 9.89. The Bertz CT molecular complexity index is 1010. The van der Waals surface area contributed by atoms with Gasteiger partial charge in [-0.15, -0.1) is 0 Å². The van der Waals surface area contributed by atoms with Gasteiger partial charge in [-0.05, 0) is 48.1 Å². The van der Waals surface area contributed by atoms with E-state index in [-0.39, 0.29) is 6.04 Å². The standard InChI is InChI=1S/C22H25N5O2/c1-26-11-7-17-6-5-16(14-19(17)26)15-24-21(28)22(29)27-12-8-18(9-13-27)25-20-4-2-3-10-23-20/h2-7,10-11,14,18H,8-9,12-13,15H2,1H3,(H,23,25)(H,24,28). The molecule has 0 atom stereocenters. The number of hydrogen-bond donors (Lipinski definition) is 2. The van der Waals surface area contributed by atoms with Gasteiger partial charge in [0.25, 0.3) is 0 Å². The number of aromatic nitrogens is 2. The van der Waals surface area contributed by atoms with E-state index in [1.165, 1.54) is 0 Å². The molecule has 4 rings (SSSR count). The van der Waals surface area contributed by atoms with E-state index in [1.54, 1.807) is 11.1 Å². The molecular formula is C22H25N5O2. The number of piperidine rings is 1. The number of carbonyl (C=O) groups excluding carboxylic acids is 2. The Labute approximate surface area is 169 Å². The quantitative estimate of drug-likeness (QED) is 0.669. The molecule has 7 heteroatoms. The van der Waals surface area contributed by atoms with Crippen LogP contribution in [0.15, 0.2) is 54.9 Å². The van der Waals surface area contributed by atoms with Crippen molar-refractivity contribution in [2.45, 2.75) is 25.4 Å². The molecule has 2 N–H and O–H groups in total. The highest BCUT2D eigenvalue weighted by Crippen LogP contribution is 2.17. The second-order valence-electron chi connectivity index (χ2n) is 7.43. The van der Waals surface area contributed by atoms with E-state index in [2.05, 4.69) is 15.6 Å². The molecule has 1 fully saturated rings. The number of benzene rings is 1. The van der Waals surface area contributed by atoms with Gasteiger partial charge in [-0.3, -0.25) is 9.59 Å². The van der Waals surface area contributed by atoms with Crippen LogP contribution in [0.4, 0.5) is 5.82 Å². The normalized spacial score (nSPS) is 14.7. The number of hydrogen-bond acceptors (Lipinski definition) is 4. The molecular weight excluding hydrogens is 366 g/mol. The van der Waals surface area contributed by atoms with Gasteiger partial charge < -0.3 is 20.1 Å². The van der Waals surface area contributed by atoms with Gasteiger partial charge in [-0.2, -0.15) is 0 Å². The first-order valence-electron chi connectivity index (χ1n) is 9.89. The third-order valence-corrected chi connectivity index (χ3v) is 5.40. The maximum Gasteiger partial charge on any atom is 0.311 e. The lowest BCUT2D eigenvalue weighted by molar-refractivity contribution is -0.146. The van der Waals surface area contributed by atoms with Crippen molar-refractivity contribution in [3.05, 3.63) is 60.4 Å². The van der Waals surface area contributed by atoms with Crippen molar-refractivity contribution >= 4 is 28.5 Å². The van der Waals surface area contributed by atoms with E-state index in [9.17, 15) is 9.59 Å². The number of nitrogens with zero attached hydrogens (tertiary/aromatic N) is 3. The molecule has 2 aromatic heterocycles. The van der Waals surface area contributed by atoms with Crippen molar-refractivity contribution in [3.63, 3.8) is 0 Å². The van der Waals surface area contributed by atoms with Crippen molar-refractivity contribution in [1.29, 1.82) is 0 Å².